The van der Waals surface area contributed by atoms with Crippen LogP contribution in [0.5, 0.6) is 11.6 Å². The van der Waals surface area contributed by atoms with Gasteiger partial charge in [-0.25, -0.2) is 9.78 Å². The summed E-state index contributed by atoms with van der Waals surface area (Å²) in [6.07, 6.45) is 8.77. The van der Waals surface area contributed by atoms with Gasteiger partial charge in [-0.05, 0) is 55.3 Å². The summed E-state index contributed by atoms with van der Waals surface area (Å²) < 4.78 is 11.8. The molecule has 0 saturated heterocycles. The van der Waals surface area contributed by atoms with Crippen molar-refractivity contribution in [2.45, 2.75) is 32.4 Å². The summed E-state index contributed by atoms with van der Waals surface area (Å²) in [5.74, 6) is 1.65. The van der Waals surface area contributed by atoms with Gasteiger partial charge in [0.1, 0.15) is 24.0 Å². The molecule has 0 saturated carbocycles. The van der Waals surface area contributed by atoms with Crippen LogP contribution in [0.3, 0.4) is 0 Å². The molecule has 4 rings (SSSR count). The molecular formula is C24H25N3O4. The second-order valence-corrected chi connectivity index (χ2v) is 7.61. The number of ether oxygens (including phenoxy) is 2. The maximum Gasteiger partial charge on any atom is 0.335 e. The predicted octanol–water partition coefficient (Wildman–Crippen LogP) is 3.64. The number of aromatic carboxylic acids is 1. The fraction of sp³-hybridized carbons (Fsp3) is 0.292. The summed E-state index contributed by atoms with van der Waals surface area (Å²) in [4.78, 5) is 22.4. The van der Waals surface area contributed by atoms with E-state index in [4.69, 9.17) is 19.6 Å². The van der Waals surface area contributed by atoms with Crippen molar-refractivity contribution in [1.29, 1.82) is 0 Å². The molecule has 0 spiro atoms. The van der Waals surface area contributed by atoms with Crippen LogP contribution in [-0.4, -0.2) is 52.5 Å². The smallest absolute Gasteiger partial charge is 0.335 e. The van der Waals surface area contributed by atoms with E-state index in [9.17, 15) is 4.79 Å². The number of hydrogen-bond acceptors (Lipinski definition) is 6. The first-order chi connectivity index (χ1) is 14.9. The Morgan fingerprint density at radius 3 is 2.87 bits per heavy atom. The summed E-state index contributed by atoms with van der Waals surface area (Å²) in [6, 6.07) is 8.55. The lowest BCUT2D eigenvalue weighted by atomic mass is 10.0. The van der Waals surface area contributed by atoms with Crippen molar-refractivity contribution in [3.05, 3.63) is 77.2 Å². The number of rotatable bonds is 7. The van der Waals surface area contributed by atoms with Crippen LogP contribution >= 0.6 is 0 Å². The second kappa shape index (κ2) is 8.63. The highest BCUT2D eigenvalue weighted by molar-refractivity contribution is 5.88. The van der Waals surface area contributed by atoms with Crippen LogP contribution in [0.2, 0.25) is 0 Å². The number of aliphatic imine (C=N–C) groups is 1. The van der Waals surface area contributed by atoms with Gasteiger partial charge in [0.25, 0.3) is 0 Å². The van der Waals surface area contributed by atoms with Gasteiger partial charge in [-0.2, -0.15) is 0 Å². The summed E-state index contributed by atoms with van der Waals surface area (Å²) in [5.41, 5.74) is 2.38. The molecule has 1 aromatic heterocycles. The Kier molecular flexibility index (Phi) is 5.75. The first-order valence-electron chi connectivity index (χ1n) is 10.2. The Morgan fingerprint density at radius 1 is 1.29 bits per heavy atom. The normalized spacial score (nSPS) is 19.5. The molecule has 1 aromatic carbocycles. The van der Waals surface area contributed by atoms with E-state index < -0.39 is 5.97 Å². The third-order valence-corrected chi connectivity index (χ3v) is 5.45. The molecule has 2 aliphatic rings. The van der Waals surface area contributed by atoms with Gasteiger partial charge in [-0.15, -0.1) is 0 Å². The van der Waals surface area contributed by atoms with E-state index in [1.165, 1.54) is 17.7 Å². The Balaban J connectivity index is 1.42. The summed E-state index contributed by atoms with van der Waals surface area (Å²) in [7, 11) is 1.97. The van der Waals surface area contributed by atoms with Gasteiger partial charge in [0.05, 0.1) is 17.6 Å². The molecule has 1 aliphatic carbocycles. The fourth-order valence-corrected chi connectivity index (χ4v) is 3.63. The number of amidine groups is 1. The molecule has 2 heterocycles. The van der Waals surface area contributed by atoms with E-state index in [0.29, 0.717) is 11.6 Å². The standard InChI is InChI=1S/C24H25N3O4/c1-4-16-10-15(2)23(25-13-16)31-19-8-9-20-21(12-19)27(3)22(26-20)14-30-18-7-5-6-17(11-18)24(28)29/h5-13,20-21H,4,14H2,1-3H3,(H,28,29). The molecule has 2 unspecified atom stereocenters. The SMILES string of the molecule is CCc1cnc(OC2=CC3C(C=C2)N=C(COc2cccc(C(=O)O)c2)N3C)c(C)c1. The third-order valence-electron chi connectivity index (χ3n) is 5.45. The molecule has 0 fully saturated rings. The monoisotopic (exact) mass is 419 g/mol. The highest BCUT2D eigenvalue weighted by Crippen LogP contribution is 2.27. The van der Waals surface area contributed by atoms with Crippen LogP contribution in [0.4, 0.5) is 0 Å². The van der Waals surface area contributed by atoms with Crippen LogP contribution in [0.1, 0.15) is 28.4 Å². The third kappa shape index (κ3) is 4.45. The van der Waals surface area contributed by atoms with Crippen molar-refractivity contribution in [1.82, 2.24) is 9.88 Å². The van der Waals surface area contributed by atoms with Gasteiger partial charge in [-0.3, -0.25) is 4.99 Å². The first kappa shape index (κ1) is 20.7. The average Bonchev–Trinajstić information content (AvgIpc) is 3.09. The Morgan fingerprint density at radius 2 is 2.13 bits per heavy atom. The number of nitrogens with zero attached hydrogens (tertiary/aromatic N) is 3. The number of aromatic nitrogens is 1. The number of aryl methyl sites for hydroxylation is 2. The molecule has 7 nitrogen and oxygen atoms in total. The Bertz CT molecular complexity index is 1090. The average molecular weight is 419 g/mol. The predicted molar refractivity (Wildman–Crippen MR) is 118 cm³/mol. The topological polar surface area (TPSA) is 84.2 Å². The van der Waals surface area contributed by atoms with Crippen molar-refractivity contribution in [3.8, 4) is 11.6 Å². The molecule has 2 atom stereocenters. The fourth-order valence-electron chi connectivity index (χ4n) is 3.63. The summed E-state index contributed by atoms with van der Waals surface area (Å²) >= 11 is 0. The lowest BCUT2D eigenvalue weighted by molar-refractivity contribution is 0.0696. The van der Waals surface area contributed by atoms with Gasteiger partial charge < -0.3 is 19.5 Å². The maximum absolute atomic E-state index is 11.1. The maximum atomic E-state index is 11.1. The largest absolute Gasteiger partial charge is 0.486 e. The highest BCUT2D eigenvalue weighted by Gasteiger charge is 2.33. The van der Waals surface area contributed by atoms with Gasteiger partial charge >= 0.3 is 5.97 Å². The Labute approximate surface area is 181 Å². The molecule has 0 bridgehead atoms. The minimum Gasteiger partial charge on any atom is -0.486 e. The van der Waals surface area contributed by atoms with Gasteiger partial charge in [0.15, 0.2) is 0 Å². The molecule has 160 valence electrons. The van der Waals surface area contributed by atoms with Gasteiger partial charge in [0.2, 0.25) is 5.88 Å². The molecule has 0 radical (unpaired) electrons. The van der Waals surface area contributed by atoms with E-state index in [-0.39, 0.29) is 24.3 Å². The van der Waals surface area contributed by atoms with Gasteiger partial charge in [0, 0.05) is 18.8 Å². The number of likely N-dealkylation sites (N-methyl/N-ethyl adjacent to an activating group) is 1. The molecule has 1 N–H and O–H groups in total. The number of pyridine rings is 1. The van der Waals surface area contributed by atoms with Crippen LogP contribution in [0.15, 0.2) is 65.5 Å². The van der Waals surface area contributed by atoms with E-state index in [1.54, 1.807) is 12.1 Å². The lowest BCUT2D eigenvalue weighted by Gasteiger charge is -2.25. The van der Waals surface area contributed by atoms with E-state index in [2.05, 4.69) is 22.9 Å². The Hall–Kier alpha value is -3.61. The van der Waals surface area contributed by atoms with E-state index in [0.717, 1.165) is 23.6 Å². The number of benzene rings is 1. The molecular weight excluding hydrogens is 394 g/mol. The van der Waals surface area contributed by atoms with Crippen LogP contribution in [0, 0.1) is 6.92 Å². The van der Waals surface area contributed by atoms with Crippen molar-refractivity contribution in [2.75, 3.05) is 13.7 Å². The molecule has 0 amide bonds. The molecule has 7 heteroatoms. The van der Waals surface area contributed by atoms with Crippen LogP contribution < -0.4 is 9.47 Å². The molecule has 31 heavy (non-hydrogen) atoms. The number of carbonyl (C=O) groups is 1. The summed E-state index contributed by atoms with van der Waals surface area (Å²) in [5, 5.41) is 9.13. The van der Waals surface area contributed by atoms with Crippen LogP contribution in [-0.2, 0) is 6.42 Å². The zero-order chi connectivity index (χ0) is 22.0. The molecule has 1 aliphatic heterocycles. The van der Waals surface area contributed by atoms with Crippen molar-refractivity contribution in [2.24, 2.45) is 4.99 Å². The number of hydrogen-bond donors (Lipinski definition) is 1. The minimum atomic E-state index is -0.983. The van der Waals surface area contributed by atoms with Gasteiger partial charge in [-0.1, -0.05) is 19.1 Å². The number of carboxylic acids is 1. The van der Waals surface area contributed by atoms with Crippen molar-refractivity contribution in [3.63, 3.8) is 0 Å². The zero-order valence-corrected chi connectivity index (χ0v) is 17.8. The summed E-state index contributed by atoms with van der Waals surface area (Å²) in [6.45, 7) is 4.35. The van der Waals surface area contributed by atoms with Crippen LogP contribution in [0.25, 0.3) is 0 Å². The number of fused-ring (bicyclic) bond motifs is 1. The number of allylic oxidation sites excluding steroid dienone is 1. The number of carboxylic acid groups (broad SMARTS) is 1. The quantitative estimate of drug-likeness (QED) is 0.738. The first-order valence-corrected chi connectivity index (χ1v) is 10.2. The van der Waals surface area contributed by atoms with E-state index >= 15 is 0 Å². The lowest BCUT2D eigenvalue weighted by Crippen LogP contribution is -2.38. The minimum absolute atomic E-state index is 0.0159. The highest BCUT2D eigenvalue weighted by atomic mass is 16.5. The molecule has 2 aromatic rings. The van der Waals surface area contributed by atoms with E-state index in [1.807, 2.05) is 38.4 Å². The second-order valence-electron chi connectivity index (χ2n) is 7.61. The van der Waals surface area contributed by atoms with Crippen molar-refractivity contribution >= 4 is 11.8 Å². The zero-order valence-electron chi connectivity index (χ0n) is 17.8. The van der Waals surface area contributed by atoms with Crippen molar-refractivity contribution < 1.29 is 19.4 Å².